The summed E-state index contributed by atoms with van der Waals surface area (Å²) in [6.45, 7) is 4.45. The Balaban J connectivity index is 1.75. The molecule has 1 aromatic carbocycles. The number of benzene rings is 1. The molecule has 4 rings (SSSR count). The highest BCUT2D eigenvalue weighted by Gasteiger charge is 2.37. The zero-order chi connectivity index (χ0) is 21.3. The fraction of sp³-hybridized carbons (Fsp3) is 0.500. The summed E-state index contributed by atoms with van der Waals surface area (Å²) in [4.78, 5) is 21.5. The molecule has 1 unspecified atom stereocenters. The van der Waals surface area contributed by atoms with E-state index in [0.29, 0.717) is 18.1 Å². The van der Waals surface area contributed by atoms with Gasteiger partial charge in [-0.15, -0.1) is 0 Å². The van der Waals surface area contributed by atoms with E-state index in [0.717, 1.165) is 48.4 Å². The van der Waals surface area contributed by atoms with Gasteiger partial charge >= 0.3 is 6.03 Å². The Hall–Kier alpha value is -2.63. The monoisotopic (exact) mass is 410 g/mol. The van der Waals surface area contributed by atoms with E-state index >= 15 is 0 Å². The molecular weight excluding hydrogens is 379 g/mol. The van der Waals surface area contributed by atoms with Crippen molar-refractivity contribution in [2.45, 2.75) is 71.4 Å². The predicted octanol–water partition coefficient (Wildman–Crippen LogP) is 5.81. The van der Waals surface area contributed by atoms with E-state index in [1.165, 1.54) is 25.3 Å². The van der Waals surface area contributed by atoms with Gasteiger partial charge in [0.25, 0.3) is 0 Å². The molecule has 1 fully saturated rings. The molecule has 2 N–H and O–H groups in total. The molecule has 6 heteroatoms. The van der Waals surface area contributed by atoms with Crippen molar-refractivity contribution in [2.75, 3.05) is 15.5 Å². The first-order valence-corrected chi connectivity index (χ1v) is 11.1. The lowest BCUT2D eigenvalue weighted by Crippen LogP contribution is -2.52. The number of hydrogen-bond acceptors (Lipinski definition) is 3. The summed E-state index contributed by atoms with van der Waals surface area (Å²) in [5.74, 6) is 0.753. The molecule has 0 radical (unpaired) electrons. The van der Waals surface area contributed by atoms with Gasteiger partial charge in [0.1, 0.15) is 11.6 Å². The molecular formula is C24H31FN4O. The number of halogens is 1. The summed E-state index contributed by atoms with van der Waals surface area (Å²) >= 11 is 0. The Morgan fingerprint density at radius 3 is 2.67 bits per heavy atom. The van der Waals surface area contributed by atoms with Crippen LogP contribution in [0.3, 0.4) is 0 Å². The van der Waals surface area contributed by atoms with Crippen LogP contribution in [0, 0.1) is 18.7 Å². The molecule has 2 amide bonds. The topological polar surface area (TPSA) is 62.5 Å². The quantitative estimate of drug-likeness (QED) is 0.680. The molecule has 1 aliphatic carbocycles. The lowest BCUT2D eigenvalue weighted by atomic mass is 9.98. The highest BCUT2D eigenvalue weighted by Crippen LogP contribution is 2.38. The summed E-state index contributed by atoms with van der Waals surface area (Å²) in [6, 6.07) is 6.65. The zero-order valence-corrected chi connectivity index (χ0v) is 17.9. The van der Waals surface area contributed by atoms with Crippen LogP contribution in [0.5, 0.6) is 0 Å². The number of aromatic nitrogens is 1. The van der Waals surface area contributed by atoms with Gasteiger partial charge in [0.2, 0.25) is 0 Å². The van der Waals surface area contributed by atoms with E-state index in [-0.39, 0.29) is 17.9 Å². The van der Waals surface area contributed by atoms with Gasteiger partial charge in [-0.25, -0.2) is 14.2 Å². The number of nitrogens with two attached hydrogens (primary N) is 1. The summed E-state index contributed by atoms with van der Waals surface area (Å²) in [5.41, 5.74) is 8.82. The summed E-state index contributed by atoms with van der Waals surface area (Å²) in [7, 11) is 0. The zero-order valence-electron chi connectivity index (χ0n) is 17.9. The average molecular weight is 411 g/mol. The van der Waals surface area contributed by atoms with Crippen LogP contribution in [0.2, 0.25) is 0 Å². The molecule has 2 heterocycles. The second-order valence-corrected chi connectivity index (χ2v) is 8.86. The number of fused-ring (bicyclic) bond motifs is 1. The fourth-order valence-electron chi connectivity index (χ4n) is 4.92. The summed E-state index contributed by atoms with van der Waals surface area (Å²) < 4.78 is 14.8. The second kappa shape index (κ2) is 8.62. The lowest BCUT2D eigenvalue weighted by molar-refractivity contribution is 0.246. The molecule has 2 aliphatic rings. The van der Waals surface area contributed by atoms with Crippen molar-refractivity contribution in [2.24, 2.45) is 5.92 Å². The number of rotatable bonds is 2. The van der Waals surface area contributed by atoms with Gasteiger partial charge in [-0.1, -0.05) is 51.2 Å². The van der Waals surface area contributed by atoms with Gasteiger partial charge < -0.3 is 5.73 Å². The molecule has 160 valence electrons. The van der Waals surface area contributed by atoms with Crippen molar-refractivity contribution < 1.29 is 9.18 Å². The summed E-state index contributed by atoms with van der Waals surface area (Å²) in [5, 5.41) is 0. The van der Waals surface area contributed by atoms with Crippen molar-refractivity contribution >= 4 is 23.2 Å². The van der Waals surface area contributed by atoms with Crippen molar-refractivity contribution in [1.82, 2.24) is 4.98 Å². The Morgan fingerprint density at radius 1 is 1.13 bits per heavy atom. The molecule has 1 saturated carbocycles. The van der Waals surface area contributed by atoms with Crippen molar-refractivity contribution in [3.8, 4) is 0 Å². The number of aryl methyl sites for hydroxylation is 1. The molecule has 5 nitrogen and oxygen atoms in total. The van der Waals surface area contributed by atoms with E-state index in [9.17, 15) is 9.18 Å². The number of carbonyl (C=O) groups excluding carboxylic acids is 1. The maximum atomic E-state index is 14.8. The van der Waals surface area contributed by atoms with Crippen LogP contribution in [-0.2, 0) is 6.54 Å². The van der Waals surface area contributed by atoms with Crippen LogP contribution in [0.4, 0.5) is 26.4 Å². The lowest BCUT2D eigenvalue weighted by Gasteiger charge is -2.41. The minimum atomic E-state index is -0.376. The van der Waals surface area contributed by atoms with Crippen LogP contribution in [0.15, 0.2) is 30.5 Å². The minimum absolute atomic E-state index is 0.0817. The van der Waals surface area contributed by atoms with Crippen molar-refractivity contribution in [1.29, 1.82) is 0 Å². The van der Waals surface area contributed by atoms with E-state index in [1.54, 1.807) is 23.2 Å². The van der Waals surface area contributed by atoms with Crippen LogP contribution in [0.25, 0.3) is 0 Å². The fourth-order valence-corrected chi connectivity index (χ4v) is 4.92. The number of para-hydroxylation sites is 1. The van der Waals surface area contributed by atoms with Crippen LogP contribution < -0.4 is 15.5 Å². The van der Waals surface area contributed by atoms with Crippen LogP contribution in [-0.4, -0.2) is 17.1 Å². The molecule has 2 atom stereocenters. The van der Waals surface area contributed by atoms with Gasteiger partial charge in [0.15, 0.2) is 0 Å². The van der Waals surface area contributed by atoms with Gasteiger partial charge in [-0.3, -0.25) is 9.80 Å². The molecule has 1 aromatic heterocycles. The number of hydrogen-bond donors (Lipinski definition) is 1. The van der Waals surface area contributed by atoms with E-state index in [1.807, 2.05) is 17.9 Å². The molecule has 30 heavy (non-hydrogen) atoms. The molecule has 0 spiro atoms. The van der Waals surface area contributed by atoms with Gasteiger partial charge in [-0.2, -0.15) is 0 Å². The van der Waals surface area contributed by atoms with E-state index in [4.69, 9.17) is 5.73 Å². The van der Waals surface area contributed by atoms with Crippen LogP contribution in [0.1, 0.15) is 63.0 Å². The molecule has 0 bridgehead atoms. The first-order valence-electron chi connectivity index (χ1n) is 11.1. The molecule has 0 saturated heterocycles. The first kappa shape index (κ1) is 20.6. The van der Waals surface area contributed by atoms with Crippen LogP contribution >= 0.6 is 0 Å². The molecule has 2 aromatic rings. The second-order valence-electron chi connectivity index (χ2n) is 8.86. The van der Waals surface area contributed by atoms with Crippen molar-refractivity contribution in [3.05, 3.63) is 47.4 Å². The number of urea groups is 1. The number of carbonyl (C=O) groups is 1. The molecule has 1 aliphatic heterocycles. The number of amides is 2. The predicted molar refractivity (Wildman–Crippen MR) is 119 cm³/mol. The third-order valence-corrected chi connectivity index (χ3v) is 6.55. The normalized spacial score (nSPS) is 22.8. The standard InChI is InChI=1S/C24H31FN4O/c1-16-7-3-4-10-19(11-5-8-16)29-21-13-22(26)27-14-18(21)15-28(24(29)30)23-17(2)9-6-12-20(23)25/h6,9,12-14,16,19H,3-5,7-8,10-11,15H2,1-2H3,(H2,26,27)/t16?,19-/m0/s1. The highest BCUT2D eigenvalue weighted by molar-refractivity contribution is 6.07. The van der Waals surface area contributed by atoms with Gasteiger partial charge in [-0.05, 0) is 37.3 Å². The first-order chi connectivity index (χ1) is 14.5. The van der Waals surface area contributed by atoms with E-state index < -0.39 is 0 Å². The third-order valence-electron chi connectivity index (χ3n) is 6.55. The summed E-state index contributed by atoms with van der Waals surface area (Å²) in [6.07, 6.45) is 9.41. The maximum absolute atomic E-state index is 14.8. The van der Waals surface area contributed by atoms with Gasteiger partial charge in [0, 0.05) is 23.9 Å². The smallest absolute Gasteiger partial charge is 0.329 e. The minimum Gasteiger partial charge on any atom is -0.384 e. The Bertz CT molecular complexity index is 911. The largest absolute Gasteiger partial charge is 0.384 e. The number of nitrogen functional groups attached to an aromatic ring is 1. The Labute approximate surface area is 178 Å². The van der Waals surface area contributed by atoms with E-state index in [2.05, 4.69) is 11.9 Å². The van der Waals surface area contributed by atoms with Gasteiger partial charge in [0.05, 0.1) is 17.9 Å². The SMILES string of the molecule is Cc1cccc(F)c1N1Cc2cnc(N)cc2N([C@H]2CCCCC(C)CCC2)C1=O. The Kier molecular flexibility index (Phi) is 5.93. The average Bonchev–Trinajstić information content (AvgIpc) is 2.80. The number of pyridine rings is 1. The number of nitrogens with zero attached hydrogens (tertiary/aromatic N) is 3. The highest BCUT2D eigenvalue weighted by atomic mass is 19.1. The Morgan fingerprint density at radius 2 is 1.87 bits per heavy atom. The van der Waals surface area contributed by atoms with Crippen molar-refractivity contribution in [3.63, 3.8) is 0 Å². The third kappa shape index (κ3) is 4.00. The number of anilines is 3. The maximum Gasteiger partial charge on any atom is 0.329 e.